The quantitative estimate of drug-likeness (QED) is 0.672. The number of para-hydroxylation sites is 2. The molecular formula is C16H12N2O5S. The molecule has 3 heterocycles. The Hall–Kier alpha value is -2.87. The monoisotopic (exact) mass is 344 g/mol. The molecule has 4 rings (SSSR count). The molecule has 3 aromatic rings. The lowest BCUT2D eigenvalue weighted by Crippen LogP contribution is -2.37. The number of aromatic nitrogens is 2. The number of hydrogen-bond acceptors (Lipinski definition) is 7. The van der Waals surface area contributed by atoms with Crippen molar-refractivity contribution in [1.29, 1.82) is 0 Å². The van der Waals surface area contributed by atoms with E-state index in [1.165, 1.54) is 21.8 Å². The third kappa shape index (κ3) is 2.71. The molecule has 0 saturated heterocycles. The Morgan fingerprint density at radius 2 is 2.21 bits per heavy atom. The molecule has 0 bridgehead atoms. The van der Waals surface area contributed by atoms with Gasteiger partial charge in [0.1, 0.15) is 13.2 Å². The fourth-order valence-electron chi connectivity index (χ4n) is 2.34. The van der Waals surface area contributed by atoms with E-state index in [4.69, 9.17) is 14.2 Å². The first-order valence-corrected chi connectivity index (χ1v) is 8.09. The number of hydrogen-bond donors (Lipinski definition) is 0. The Morgan fingerprint density at radius 3 is 3.08 bits per heavy atom. The zero-order chi connectivity index (χ0) is 16.5. The summed E-state index contributed by atoms with van der Waals surface area (Å²) in [5, 5.41) is 1.77. The molecule has 122 valence electrons. The summed E-state index contributed by atoms with van der Waals surface area (Å²) in [6.45, 7) is -0.0140. The number of nitrogens with zero attached hydrogens (tertiary/aromatic N) is 2. The molecule has 1 aromatic carbocycles. The second-order valence-electron chi connectivity index (χ2n) is 5.11. The van der Waals surface area contributed by atoms with Crippen molar-refractivity contribution in [1.82, 2.24) is 9.38 Å². The first-order chi connectivity index (χ1) is 11.7. The van der Waals surface area contributed by atoms with Crippen LogP contribution < -0.4 is 15.0 Å². The maximum Gasteiger partial charge on any atom is 0.351 e. The van der Waals surface area contributed by atoms with Gasteiger partial charge in [0.15, 0.2) is 16.5 Å². The molecule has 8 heteroatoms. The van der Waals surface area contributed by atoms with Gasteiger partial charge in [0.2, 0.25) is 6.10 Å². The number of carbonyl (C=O) groups is 1. The molecule has 0 radical (unpaired) electrons. The lowest BCUT2D eigenvalue weighted by atomic mass is 10.2. The summed E-state index contributed by atoms with van der Waals surface area (Å²) >= 11 is 1.34. The summed E-state index contributed by atoms with van der Waals surface area (Å²) in [5.74, 6) is 0.541. The molecule has 0 spiro atoms. The molecule has 24 heavy (non-hydrogen) atoms. The highest BCUT2D eigenvalue weighted by atomic mass is 32.1. The van der Waals surface area contributed by atoms with Crippen LogP contribution in [0.2, 0.25) is 0 Å². The van der Waals surface area contributed by atoms with E-state index in [9.17, 15) is 9.59 Å². The summed E-state index contributed by atoms with van der Waals surface area (Å²) in [6.07, 6.45) is 0.807. The van der Waals surface area contributed by atoms with Gasteiger partial charge in [0, 0.05) is 17.6 Å². The number of ether oxygens (including phenoxy) is 3. The summed E-state index contributed by atoms with van der Waals surface area (Å²) < 4.78 is 17.7. The van der Waals surface area contributed by atoms with Gasteiger partial charge >= 0.3 is 5.97 Å². The van der Waals surface area contributed by atoms with Crippen LogP contribution in [0, 0.1) is 0 Å². The molecule has 0 amide bonds. The molecule has 1 atom stereocenters. The lowest BCUT2D eigenvalue weighted by Gasteiger charge is -2.24. The highest BCUT2D eigenvalue weighted by molar-refractivity contribution is 7.15. The Morgan fingerprint density at radius 1 is 1.38 bits per heavy atom. The first kappa shape index (κ1) is 14.7. The number of carbonyl (C=O) groups excluding carboxylic acids is 1. The Balaban J connectivity index is 1.44. The number of rotatable bonds is 3. The normalized spacial score (nSPS) is 16.1. The Labute approximate surface area is 140 Å². The van der Waals surface area contributed by atoms with Crippen molar-refractivity contribution in [2.24, 2.45) is 0 Å². The van der Waals surface area contributed by atoms with Gasteiger partial charge in [-0.1, -0.05) is 12.1 Å². The van der Waals surface area contributed by atoms with Gasteiger partial charge in [0.05, 0.1) is 5.69 Å². The molecule has 0 saturated carbocycles. The molecule has 0 fully saturated rings. The van der Waals surface area contributed by atoms with E-state index in [1.54, 1.807) is 29.8 Å². The van der Waals surface area contributed by atoms with Crippen LogP contribution in [0.15, 0.2) is 46.7 Å². The van der Waals surface area contributed by atoms with Crippen LogP contribution in [-0.2, 0) is 16.1 Å². The first-order valence-electron chi connectivity index (χ1n) is 7.21. The summed E-state index contributed by atoms with van der Waals surface area (Å²) in [4.78, 5) is 28.9. The van der Waals surface area contributed by atoms with E-state index in [2.05, 4.69) is 4.98 Å². The van der Waals surface area contributed by atoms with Crippen molar-refractivity contribution >= 4 is 22.3 Å². The van der Waals surface area contributed by atoms with Crippen LogP contribution >= 0.6 is 11.3 Å². The molecule has 0 aliphatic carbocycles. The maximum absolute atomic E-state index is 12.1. The molecular weight excluding hydrogens is 332 g/mol. The topological polar surface area (TPSA) is 79.1 Å². The van der Waals surface area contributed by atoms with Gasteiger partial charge in [0.25, 0.3) is 5.56 Å². The van der Waals surface area contributed by atoms with E-state index < -0.39 is 12.1 Å². The van der Waals surface area contributed by atoms with Crippen LogP contribution in [0.4, 0.5) is 0 Å². The van der Waals surface area contributed by atoms with Crippen molar-refractivity contribution < 1.29 is 19.0 Å². The van der Waals surface area contributed by atoms with Crippen molar-refractivity contribution in [2.45, 2.75) is 12.7 Å². The van der Waals surface area contributed by atoms with Gasteiger partial charge in [-0.3, -0.25) is 9.20 Å². The molecule has 1 aliphatic heterocycles. The van der Waals surface area contributed by atoms with Gasteiger partial charge in [-0.05, 0) is 12.1 Å². The molecule has 1 aliphatic rings. The number of benzene rings is 1. The summed E-state index contributed by atoms with van der Waals surface area (Å²) in [5.41, 5.74) is 0.186. The fourth-order valence-corrected chi connectivity index (χ4v) is 3.07. The van der Waals surface area contributed by atoms with Gasteiger partial charge in [-0.25, -0.2) is 9.78 Å². The third-order valence-corrected chi connectivity index (χ3v) is 4.25. The minimum atomic E-state index is -0.841. The molecule has 0 N–H and O–H groups in total. The van der Waals surface area contributed by atoms with Crippen molar-refractivity contribution in [3.63, 3.8) is 0 Å². The minimum absolute atomic E-state index is 0.0793. The highest BCUT2D eigenvalue weighted by Crippen LogP contribution is 2.31. The minimum Gasteiger partial charge on any atom is -0.485 e. The second kappa shape index (κ2) is 5.97. The van der Waals surface area contributed by atoms with E-state index in [0.29, 0.717) is 22.2 Å². The van der Waals surface area contributed by atoms with Crippen LogP contribution in [0.1, 0.15) is 5.69 Å². The van der Waals surface area contributed by atoms with Crippen LogP contribution in [0.3, 0.4) is 0 Å². The Kier molecular flexibility index (Phi) is 3.66. The van der Waals surface area contributed by atoms with Crippen LogP contribution in [0.25, 0.3) is 4.96 Å². The van der Waals surface area contributed by atoms with Gasteiger partial charge in [-0.2, -0.15) is 0 Å². The lowest BCUT2D eigenvalue weighted by molar-refractivity contribution is -0.156. The van der Waals surface area contributed by atoms with Gasteiger partial charge < -0.3 is 14.2 Å². The third-order valence-electron chi connectivity index (χ3n) is 3.49. The summed E-state index contributed by atoms with van der Waals surface area (Å²) in [7, 11) is 0. The van der Waals surface area contributed by atoms with E-state index >= 15 is 0 Å². The number of thiazole rings is 1. The maximum atomic E-state index is 12.1. The molecule has 0 unspecified atom stereocenters. The van der Waals surface area contributed by atoms with E-state index in [1.807, 2.05) is 6.07 Å². The predicted octanol–water partition coefficient (Wildman–Crippen LogP) is 1.64. The smallest absolute Gasteiger partial charge is 0.351 e. The van der Waals surface area contributed by atoms with Crippen molar-refractivity contribution in [2.75, 3.05) is 6.61 Å². The van der Waals surface area contributed by atoms with Gasteiger partial charge in [-0.15, -0.1) is 11.3 Å². The molecule has 2 aromatic heterocycles. The highest BCUT2D eigenvalue weighted by Gasteiger charge is 2.28. The fraction of sp³-hybridized carbons (Fsp3) is 0.188. The average molecular weight is 344 g/mol. The van der Waals surface area contributed by atoms with E-state index in [0.717, 1.165) is 0 Å². The SMILES string of the molecule is O=C(OCc1cc(=O)n2ccsc2n1)[C@@H]1COc2ccccc2O1. The molecule has 7 nitrogen and oxygen atoms in total. The zero-order valence-corrected chi connectivity index (χ0v) is 13.2. The standard InChI is InChI=1S/C16H12N2O5S/c19-14-7-10(17-16-18(14)5-6-24-16)8-22-15(20)13-9-21-11-3-1-2-4-12(11)23-13/h1-7,13H,8-9H2/t13-/m0/s1. The van der Waals surface area contributed by atoms with Crippen molar-refractivity contribution in [3.05, 3.63) is 58.0 Å². The largest absolute Gasteiger partial charge is 0.485 e. The van der Waals surface area contributed by atoms with Crippen molar-refractivity contribution in [3.8, 4) is 11.5 Å². The average Bonchev–Trinajstić information content (AvgIpc) is 3.08. The zero-order valence-electron chi connectivity index (χ0n) is 12.4. The number of esters is 1. The Bertz CT molecular complexity index is 964. The van der Waals surface area contributed by atoms with Crippen LogP contribution in [-0.4, -0.2) is 28.1 Å². The second-order valence-corrected chi connectivity index (χ2v) is 5.99. The number of fused-ring (bicyclic) bond motifs is 2. The summed E-state index contributed by atoms with van der Waals surface area (Å²) in [6, 6.07) is 8.46. The predicted molar refractivity (Wildman–Crippen MR) is 85.5 cm³/mol. The van der Waals surface area contributed by atoms with Crippen LogP contribution in [0.5, 0.6) is 11.5 Å². The van der Waals surface area contributed by atoms with E-state index in [-0.39, 0.29) is 18.8 Å².